The third-order valence-corrected chi connectivity index (χ3v) is 13.2. The molecule has 0 spiro atoms. The molecule has 2 unspecified atom stereocenters. The zero-order valence-corrected chi connectivity index (χ0v) is 31.6. The lowest BCUT2D eigenvalue weighted by Gasteiger charge is -2.36. The Labute approximate surface area is 325 Å². The van der Waals surface area contributed by atoms with Crippen molar-refractivity contribution in [2.45, 2.75) is 31.5 Å². The molecule has 1 aliphatic carbocycles. The first-order valence-electron chi connectivity index (χ1n) is 19.2. The number of rotatable bonds is 5. The van der Waals surface area contributed by atoms with E-state index in [0.29, 0.717) is 0 Å². The first-order chi connectivity index (χ1) is 27.0. The number of nitrogens with zero attached hydrogens (tertiary/aromatic N) is 1. The topological polar surface area (TPSA) is 27.3 Å². The molecule has 2 N–H and O–H groups in total. The Hall–Kier alpha value is -6.20. The van der Waals surface area contributed by atoms with E-state index in [2.05, 4.69) is 205 Å². The molecule has 0 saturated heterocycles. The largest absolute Gasteiger partial charge is 0.366 e. The standard InChI is InChI=1S/C51H39N3S/c1-51(2)44-21-10-8-17-38(44)39-28-27-37(31-45(39)51)54(35-15-4-3-5-16-35)36-25-23-32(24-26-36)50-52-46-22-11-9-18-41(46)48(53-50)42-20-12-19-40-43-29-33-13-6-7-14-34(33)30-47(43)55-49(40)42/h3-31,48,50,52-53H,1-2H3. The smallest absolute Gasteiger partial charge is 0.104 e. The van der Waals surface area contributed by atoms with Crippen LogP contribution in [-0.2, 0) is 5.41 Å². The van der Waals surface area contributed by atoms with E-state index in [4.69, 9.17) is 0 Å². The lowest BCUT2D eigenvalue weighted by molar-refractivity contribution is 0.508. The fourth-order valence-electron chi connectivity index (χ4n) is 9.17. The molecular weight excluding hydrogens is 687 g/mol. The van der Waals surface area contributed by atoms with Crippen molar-refractivity contribution in [3.05, 3.63) is 204 Å². The van der Waals surface area contributed by atoms with Gasteiger partial charge in [0.15, 0.2) is 0 Å². The van der Waals surface area contributed by atoms with Crippen molar-refractivity contribution in [3.63, 3.8) is 0 Å². The first kappa shape index (κ1) is 32.2. The zero-order valence-electron chi connectivity index (χ0n) is 30.8. The monoisotopic (exact) mass is 725 g/mol. The van der Waals surface area contributed by atoms with Crippen LogP contribution in [0.25, 0.3) is 42.1 Å². The van der Waals surface area contributed by atoms with E-state index in [1.165, 1.54) is 69.9 Å². The second-order valence-corrected chi connectivity index (χ2v) is 16.5. The van der Waals surface area contributed by atoms with Gasteiger partial charge >= 0.3 is 0 Å². The average molecular weight is 726 g/mol. The van der Waals surface area contributed by atoms with Crippen LogP contribution in [0.3, 0.4) is 0 Å². The molecule has 0 radical (unpaired) electrons. The van der Waals surface area contributed by atoms with E-state index in [9.17, 15) is 0 Å². The lowest BCUT2D eigenvalue weighted by Crippen LogP contribution is -2.37. The minimum Gasteiger partial charge on any atom is -0.366 e. The zero-order chi connectivity index (χ0) is 36.7. The molecule has 8 aromatic carbocycles. The number of nitrogens with one attached hydrogen (secondary N) is 2. The molecule has 2 atom stereocenters. The summed E-state index contributed by atoms with van der Waals surface area (Å²) >= 11 is 1.91. The minimum absolute atomic E-state index is 0.0213. The van der Waals surface area contributed by atoms with Crippen molar-refractivity contribution in [2.75, 3.05) is 10.2 Å². The summed E-state index contributed by atoms with van der Waals surface area (Å²) in [5.74, 6) is 0. The number of fused-ring (bicyclic) bond motifs is 8. The second kappa shape index (κ2) is 12.4. The van der Waals surface area contributed by atoms with Crippen LogP contribution in [0.1, 0.15) is 53.9 Å². The Bertz CT molecular complexity index is 2930. The predicted molar refractivity (Wildman–Crippen MR) is 233 cm³/mol. The van der Waals surface area contributed by atoms with E-state index in [1.54, 1.807) is 0 Å². The summed E-state index contributed by atoms with van der Waals surface area (Å²) in [4.78, 5) is 2.38. The van der Waals surface area contributed by atoms with E-state index in [0.717, 1.165) is 22.7 Å². The number of anilines is 4. The Morgan fingerprint density at radius 3 is 2.05 bits per heavy atom. The van der Waals surface area contributed by atoms with Crippen LogP contribution in [0.5, 0.6) is 0 Å². The van der Waals surface area contributed by atoms with E-state index in [-0.39, 0.29) is 17.6 Å². The normalized spacial score (nSPS) is 16.8. The highest BCUT2D eigenvalue weighted by molar-refractivity contribution is 7.26. The summed E-state index contributed by atoms with van der Waals surface area (Å²) in [6.45, 7) is 4.70. The molecule has 55 heavy (non-hydrogen) atoms. The van der Waals surface area contributed by atoms with Gasteiger partial charge in [-0.3, -0.25) is 5.32 Å². The SMILES string of the molecule is CC1(C)c2ccccc2-c2ccc(N(c3ccccc3)c3ccc(C4Nc5ccccc5C(c5cccc6c5sc5cc7ccccc7cc56)N4)cc3)cc21. The highest BCUT2D eigenvalue weighted by atomic mass is 32.1. The van der Waals surface area contributed by atoms with E-state index >= 15 is 0 Å². The highest BCUT2D eigenvalue weighted by Crippen LogP contribution is 2.51. The molecule has 2 aliphatic rings. The summed E-state index contributed by atoms with van der Waals surface area (Å²) in [7, 11) is 0. The third kappa shape index (κ3) is 5.13. The van der Waals surface area contributed by atoms with Gasteiger partial charge in [0.05, 0.1) is 6.04 Å². The molecule has 2 heterocycles. The van der Waals surface area contributed by atoms with Crippen LogP contribution in [0, 0.1) is 0 Å². The van der Waals surface area contributed by atoms with Crippen molar-refractivity contribution in [1.29, 1.82) is 0 Å². The molecule has 264 valence electrons. The van der Waals surface area contributed by atoms with Crippen molar-refractivity contribution in [3.8, 4) is 11.1 Å². The lowest BCUT2D eigenvalue weighted by atomic mass is 9.82. The molecule has 9 aromatic rings. The molecule has 1 aromatic heterocycles. The van der Waals surface area contributed by atoms with Crippen LogP contribution in [0.15, 0.2) is 176 Å². The summed E-state index contributed by atoms with van der Waals surface area (Å²) < 4.78 is 2.67. The van der Waals surface area contributed by atoms with Crippen LogP contribution in [0.4, 0.5) is 22.7 Å². The van der Waals surface area contributed by atoms with Gasteiger partial charge in [0.1, 0.15) is 6.17 Å². The molecule has 0 amide bonds. The van der Waals surface area contributed by atoms with Gasteiger partial charge in [0.25, 0.3) is 0 Å². The Balaban J connectivity index is 0.970. The van der Waals surface area contributed by atoms with Crippen LogP contribution in [0.2, 0.25) is 0 Å². The molecular formula is C51H39N3S. The summed E-state index contributed by atoms with van der Waals surface area (Å²) in [6, 6.07) is 64.7. The van der Waals surface area contributed by atoms with E-state index < -0.39 is 0 Å². The first-order valence-corrected chi connectivity index (χ1v) is 20.0. The Morgan fingerprint density at radius 2 is 1.20 bits per heavy atom. The van der Waals surface area contributed by atoms with Gasteiger partial charge in [0, 0.05) is 48.3 Å². The maximum Gasteiger partial charge on any atom is 0.104 e. The summed E-state index contributed by atoms with van der Waals surface area (Å²) in [5, 5.41) is 13.1. The van der Waals surface area contributed by atoms with Crippen LogP contribution < -0.4 is 15.5 Å². The molecule has 3 nitrogen and oxygen atoms in total. The summed E-state index contributed by atoms with van der Waals surface area (Å²) in [6.07, 6.45) is -0.0781. The Morgan fingerprint density at radius 1 is 0.527 bits per heavy atom. The quantitative estimate of drug-likeness (QED) is 0.185. The summed E-state index contributed by atoms with van der Waals surface area (Å²) in [5.41, 5.74) is 13.7. The van der Waals surface area contributed by atoms with E-state index in [1.807, 2.05) is 11.3 Å². The minimum atomic E-state index is -0.0781. The fraction of sp³-hybridized carbons (Fsp3) is 0.0980. The van der Waals surface area contributed by atoms with Gasteiger partial charge < -0.3 is 10.2 Å². The second-order valence-electron chi connectivity index (χ2n) is 15.4. The molecule has 0 bridgehead atoms. The van der Waals surface area contributed by atoms with Gasteiger partial charge in [0.2, 0.25) is 0 Å². The van der Waals surface area contributed by atoms with Gasteiger partial charge in [-0.05, 0) is 104 Å². The number of thiophene rings is 1. The third-order valence-electron chi connectivity index (χ3n) is 11.9. The number of hydrogen-bond acceptors (Lipinski definition) is 4. The molecule has 1 aliphatic heterocycles. The van der Waals surface area contributed by atoms with Crippen molar-refractivity contribution < 1.29 is 0 Å². The molecule has 4 heteroatoms. The number of hydrogen-bond donors (Lipinski definition) is 2. The van der Waals surface area contributed by atoms with Crippen molar-refractivity contribution in [2.24, 2.45) is 0 Å². The van der Waals surface area contributed by atoms with Gasteiger partial charge in [-0.25, -0.2) is 0 Å². The molecule has 11 rings (SSSR count). The average Bonchev–Trinajstić information content (AvgIpc) is 3.71. The highest BCUT2D eigenvalue weighted by Gasteiger charge is 2.36. The van der Waals surface area contributed by atoms with Gasteiger partial charge in [-0.15, -0.1) is 11.3 Å². The predicted octanol–water partition coefficient (Wildman–Crippen LogP) is 13.8. The fourth-order valence-corrected chi connectivity index (χ4v) is 10.5. The van der Waals surface area contributed by atoms with Gasteiger partial charge in [-0.1, -0.05) is 135 Å². The van der Waals surface area contributed by atoms with Crippen molar-refractivity contribution >= 4 is 65.0 Å². The Kier molecular flexibility index (Phi) is 7.28. The maximum atomic E-state index is 4.05. The number of benzene rings is 8. The molecule has 0 saturated carbocycles. The van der Waals surface area contributed by atoms with Crippen LogP contribution >= 0.6 is 11.3 Å². The van der Waals surface area contributed by atoms with Gasteiger partial charge in [-0.2, -0.15) is 0 Å². The maximum absolute atomic E-state index is 4.05. The number of para-hydroxylation sites is 2. The molecule has 0 fully saturated rings. The van der Waals surface area contributed by atoms with Crippen molar-refractivity contribution in [1.82, 2.24) is 5.32 Å². The van der Waals surface area contributed by atoms with Crippen LogP contribution in [-0.4, -0.2) is 0 Å².